The number of primary amides is 2. The minimum absolute atomic E-state index is 0.671. The second-order valence-corrected chi connectivity index (χ2v) is 5.36. The van der Waals surface area contributed by atoms with Crippen LogP contribution in [-0.4, -0.2) is 77.0 Å². The number of aliphatic hydroxyl groups is 1. The number of aliphatic hydroxyl groups excluding tert-OH is 1. The molecule has 0 rings (SSSR count). The number of hydrogen-bond donors (Lipinski definition) is 8. The lowest BCUT2D eigenvalue weighted by atomic mass is 10.1. The van der Waals surface area contributed by atoms with E-state index in [0.29, 0.717) is 0 Å². The van der Waals surface area contributed by atoms with Crippen LogP contribution in [0.15, 0.2) is 0 Å². The molecule has 3 unspecified atom stereocenters. The van der Waals surface area contributed by atoms with Gasteiger partial charge in [-0.1, -0.05) is 0 Å². The van der Waals surface area contributed by atoms with Crippen molar-refractivity contribution < 1.29 is 39.0 Å². The Morgan fingerprint density at radius 3 is 1.67 bits per heavy atom. The molecule has 0 radical (unpaired) electrons. The second kappa shape index (κ2) is 11.4. The van der Waals surface area contributed by atoms with Crippen molar-refractivity contribution in [1.29, 1.82) is 0 Å². The number of nitrogens with two attached hydrogens (primary N) is 3. The summed E-state index contributed by atoms with van der Waals surface area (Å²) in [6.45, 7) is -1.52. The minimum atomic E-state index is -1.56. The van der Waals surface area contributed by atoms with Gasteiger partial charge in [-0.3, -0.25) is 28.8 Å². The topological polar surface area (TPSA) is 257 Å². The van der Waals surface area contributed by atoms with Crippen LogP contribution in [0.1, 0.15) is 12.8 Å². The Labute approximate surface area is 152 Å². The van der Waals surface area contributed by atoms with Crippen LogP contribution in [0.2, 0.25) is 0 Å². The Morgan fingerprint density at radius 2 is 1.26 bits per heavy atom. The van der Waals surface area contributed by atoms with Crippen LogP contribution in [0.25, 0.3) is 0 Å². The Hall–Kier alpha value is -3.26. The largest absolute Gasteiger partial charge is 0.480 e. The molecule has 14 heteroatoms. The number of aliphatic carboxylic acids is 1. The summed E-state index contributed by atoms with van der Waals surface area (Å²) >= 11 is 0. The van der Waals surface area contributed by atoms with E-state index in [1.54, 1.807) is 0 Å². The van der Waals surface area contributed by atoms with Crippen LogP contribution in [0.5, 0.6) is 0 Å². The molecule has 0 aromatic heterocycles. The molecule has 0 heterocycles. The highest BCUT2D eigenvalue weighted by Gasteiger charge is 2.30. The first-order valence-electron chi connectivity index (χ1n) is 7.51. The monoisotopic (exact) mass is 390 g/mol. The number of carbonyl (C=O) groups excluding carboxylic acids is 5. The summed E-state index contributed by atoms with van der Waals surface area (Å²) in [5, 5.41) is 23.5. The van der Waals surface area contributed by atoms with Gasteiger partial charge in [0.25, 0.3) is 0 Å². The average molecular weight is 390 g/mol. The van der Waals surface area contributed by atoms with Gasteiger partial charge in [-0.05, 0) is 0 Å². The van der Waals surface area contributed by atoms with Crippen molar-refractivity contribution in [3.8, 4) is 0 Å². The summed E-state index contributed by atoms with van der Waals surface area (Å²) in [6.07, 6.45) is -1.35. The van der Waals surface area contributed by atoms with Gasteiger partial charge in [-0.25, -0.2) is 0 Å². The van der Waals surface area contributed by atoms with Crippen LogP contribution in [0, 0.1) is 0 Å². The Morgan fingerprint density at radius 1 is 0.815 bits per heavy atom. The Kier molecular flexibility index (Phi) is 10.0. The van der Waals surface area contributed by atoms with Crippen molar-refractivity contribution in [2.24, 2.45) is 17.2 Å². The van der Waals surface area contributed by atoms with E-state index in [9.17, 15) is 28.8 Å². The fraction of sp³-hybridized carbons (Fsp3) is 0.538. The van der Waals surface area contributed by atoms with Crippen LogP contribution in [0.4, 0.5) is 0 Å². The first kappa shape index (κ1) is 23.7. The minimum Gasteiger partial charge on any atom is -0.480 e. The van der Waals surface area contributed by atoms with Crippen molar-refractivity contribution in [3.05, 3.63) is 0 Å². The van der Waals surface area contributed by atoms with Crippen molar-refractivity contribution in [3.63, 3.8) is 0 Å². The molecule has 0 fully saturated rings. The van der Waals surface area contributed by atoms with E-state index >= 15 is 0 Å². The molecule has 0 aliphatic carbocycles. The van der Waals surface area contributed by atoms with E-state index in [1.807, 2.05) is 5.32 Å². The van der Waals surface area contributed by atoms with E-state index in [2.05, 4.69) is 10.6 Å². The van der Waals surface area contributed by atoms with Gasteiger partial charge in [0.05, 0.1) is 19.4 Å². The lowest BCUT2D eigenvalue weighted by Crippen LogP contribution is -2.57. The molecule has 11 N–H and O–H groups in total. The molecule has 14 nitrogen and oxygen atoms in total. The molecule has 152 valence electrons. The van der Waals surface area contributed by atoms with Crippen LogP contribution in [-0.2, 0) is 28.8 Å². The Balaban J connectivity index is 5.24. The van der Waals surface area contributed by atoms with Gasteiger partial charge in [-0.15, -0.1) is 0 Å². The normalized spacial score (nSPS) is 13.6. The third-order valence-electron chi connectivity index (χ3n) is 3.02. The molecule has 0 bridgehead atoms. The standard InChI is InChI=1S/C13H22N6O8/c14-5(4-20)11(25)18-7(2-9(16)22)13(27)19-6(1-8(15)21)12(26)17-3-10(23)24/h5-7,20H,1-4,14H2,(H2,15,21)(H2,16,22)(H,17,26)(H,18,25)(H,19,27)(H,23,24). The number of carbonyl (C=O) groups is 6. The predicted molar refractivity (Wildman–Crippen MR) is 87.2 cm³/mol. The maximum atomic E-state index is 12.3. The summed E-state index contributed by atoms with van der Waals surface area (Å²) < 4.78 is 0. The van der Waals surface area contributed by atoms with E-state index in [1.165, 1.54) is 0 Å². The number of amides is 5. The van der Waals surface area contributed by atoms with Gasteiger partial charge in [0.1, 0.15) is 24.7 Å². The maximum Gasteiger partial charge on any atom is 0.322 e. The van der Waals surface area contributed by atoms with Crippen LogP contribution >= 0.6 is 0 Å². The molecule has 5 amide bonds. The highest BCUT2D eigenvalue weighted by molar-refractivity contribution is 5.97. The molecule has 0 spiro atoms. The molecular formula is C13H22N6O8. The number of carboxylic acids is 1. The summed E-state index contributed by atoms with van der Waals surface area (Å²) in [5.41, 5.74) is 15.3. The van der Waals surface area contributed by atoms with Gasteiger partial charge in [0.15, 0.2) is 0 Å². The maximum absolute atomic E-state index is 12.3. The molecule has 3 atom stereocenters. The zero-order valence-electron chi connectivity index (χ0n) is 14.1. The Bertz CT molecular complexity index is 610. The van der Waals surface area contributed by atoms with Crippen molar-refractivity contribution >= 4 is 35.5 Å². The number of rotatable bonds is 12. The van der Waals surface area contributed by atoms with Gasteiger partial charge in [0, 0.05) is 0 Å². The highest BCUT2D eigenvalue weighted by atomic mass is 16.4. The lowest BCUT2D eigenvalue weighted by molar-refractivity contribution is -0.139. The summed E-state index contributed by atoms with van der Waals surface area (Å²) in [7, 11) is 0. The van der Waals surface area contributed by atoms with Crippen molar-refractivity contribution in [1.82, 2.24) is 16.0 Å². The fourth-order valence-electron chi connectivity index (χ4n) is 1.74. The van der Waals surface area contributed by atoms with Gasteiger partial charge >= 0.3 is 5.97 Å². The summed E-state index contributed by atoms with van der Waals surface area (Å²) in [4.78, 5) is 68.5. The first-order chi connectivity index (χ1) is 12.5. The zero-order chi connectivity index (χ0) is 21.1. The molecule has 0 saturated carbocycles. The van der Waals surface area contributed by atoms with Crippen LogP contribution < -0.4 is 33.2 Å². The number of nitrogens with one attached hydrogen (secondary N) is 3. The molecule has 0 aromatic rings. The highest BCUT2D eigenvalue weighted by Crippen LogP contribution is 1.98. The van der Waals surface area contributed by atoms with E-state index in [4.69, 9.17) is 27.4 Å². The van der Waals surface area contributed by atoms with Gasteiger partial charge in [0.2, 0.25) is 29.5 Å². The number of carboxylic acid groups (broad SMARTS) is 1. The third-order valence-corrected chi connectivity index (χ3v) is 3.02. The third kappa shape index (κ3) is 9.71. The SMILES string of the molecule is NC(=O)CC(NC(=O)C(N)CO)C(=O)NC(CC(N)=O)C(=O)NCC(=O)O. The quantitative estimate of drug-likeness (QED) is 0.157. The van der Waals surface area contributed by atoms with Crippen molar-refractivity contribution in [2.75, 3.05) is 13.2 Å². The van der Waals surface area contributed by atoms with E-state index in [-0.39, 0.29) is 0 Å². The molecule has 0 aliphatic rings. The van der Waals surface area contributed by atoms with Crippen molar-refractivity contribution in [2.45, 2.75) is 31.0 Å². The number of hydrogen-bond acceptors (Lipinski definition) is 8. The molecular weight excluding hydrogens is 368 g/mol. The van der Waals surface area contributed by atoms with Gasteiger partial charge < -0.3 is 43.4 Å². The van der Waals surface area contributed by atoms with E-state index in [0.717, 1.165) is 0 Å². The summed E-state index contributed by atoms with van der Waals surface area (Å²) in [5.74, 6) is -6.41. The van der Waals surface area contributed by atoms with Gasteiger partial charge in [-0.2, -0.15) is 0 Å². The van der Waals surface area contributed by atoms with E-state index < -0.39 is 79.6 Å². The molecule has 0 aliphatic heterocycles. The van der Waals surface area contributed by atoms with Crippen LogP contribution in [0.3, 0.4) is 0 Å². The fourth-order valence-corrected chi connectivity index (χ4v) is 1.74. The molecule has 0 saturated heterocycles. The summed E-state index contributed by atoms with van der Waals surface area (Å²) in [6, 6.07) is -4.50. The predicted octanol–water partition coefficient (Wildman–Crippen LogP) is -5.77. The molecule has 0 aromatic carbocycles. The average Bonchev–Trinajstić information content (AvgIpc) is 2.56. The zero-order valence-corrected chi connectivity index (χ0v) is 14.1. The smallest absolute Gasteiger partial charge is 0.322 e. The second-order valence-electron chi connectivity index (χ2n) is 5.36. The lowest BCUT2D eigenvalue weighted by Gasteiger charge is -2.22. The first-order valence-corrected chi connectivity index (χ1v) is 7.51. The molecule has 27 heavy (non-hydrogen) atoms.